The van der Waals surface area contributed by atoms with Crippen molar-refractivity contribution in [3.63, 3.8) is 0 Å². The van der Waals surface area contributed by atoms with Gasteiger partial charge in [0, 0.05) is 23.6 Å². The van der Waals surface area contributed by atoms with E-state index in [-0.39, 0.29) is 29.7 Å². The Hall–Kier alpha value is -4.25. The van der Waals surface area contributed by atoms with Crippen LogP contribution in [-0.2, 0) is 15.9 Å². The van der Waals surface area contributed by atoms with Gasteiger partial charge in [0.1, 0.15) is 12.2 Å². The van der Waals surface area contributed by atoms with Crippen molar-refractivity contribution < 1.29 is 19.1 Å². The number of carbonyl (C=O) groups is 2. The lowest BCUT2D eigenvalue weighted by molar-refractivity contribution is -0.0698. The summed E-state index contributed by atoms with van der Waals surface area (Å²) in [5.74, 6) is 0.0618. The van der Waals surface area contributed by atoms with E-state index < -0.39 is 12.2 Å². The van der Waals surface area contributed by atoms with E-state index >= 15 is 0 Å². The van der Waals surface area contributed by atoms with Gasteiger partial charge in [-0.1, -0.05) is 60.7 Å². The molecule has 2 bridgehead atoms. The second-order valence-corrected chi connectivity index (χ2v) is 10.5. The van der Waals surface area contributed by atoms with Crippen LogP contribution in [0.2, 0.25) is 0 Å². The normalized spacial score (nSPS) is 26.4. The molecule has 3 aliphatic rings. The summed E-state index contributed by atoms with van der Waals surface area (Å²) >= 11 is 0. The first-order chi connectivity index (χ1) is 18.7. The van der Waals surface area contributed by atoms with Crippen molar-refractivity contribution >= 4 is 11.9 Å². The number of nitrogens with zero attached hydrogens (tertiary/aromatic N) is 1. The van der Waals surface area contributed by atoms with Crippen molar-refractivity contribution in [2.45, 2.75) is 31.0 Å². The summed E-state index contributed by atoms with van der Waals surface area (Å²) in [7, 11) is 0. The number of fused-ring (bicyclic) bond motifs is 7. The molecule has 7 rings (SSSR count). The largest absolute Gasteiger partial charge is 0.455 e. The van der Waals surface area contributed by atoms with Gasteiger partial charge in [-0.2, -0.15) is 0 Å². The molecular weight excluding hydrogens is 474 g/mol. The zero-order chi connectivity index (χ0) is 25.6. The number of ether oxygens (including phenoxy) is 2. The molecule has 2 fully saturated rings. The molecule has 5 heteroatoms. The summed E-state index contributed by atoms with van der Waals surface area (Å²) in [4.78, 5) is 31.0. The van der Waals surface area contributed by atoms with E-state index in [1.807, 2.05) is 60.8 Å². The van der Waals surface area contributed by atoms with Crippen molar-refractivity contribution in [1.29, 1.82) is 0 Å². The quantitative estimate of drug-likeness (QED) is 0.309. The van der Waals surface area contributed by atoms with Gasteiger partial charge in [0.25, 0.3) is 0 Å². The van der Waals surface area contributed by atoms with Gasteiger partial charge in [0.2, 0.25) is 0 Å². The van der Waals surface area contributed by atoms with E-state index in [0.29, 0.717) is 17.0 Å². The Morgan fingerprint density at radius 1 is 0.658 bits per heavy atom. The zero-order valence-electron chi connectivity index (χ0n) is 20.8. The molecule has 0 N–H and O–H groups in total. The first kappa shape index (κ1) is 22.9. The fraction of sp³-hybridized carbons (Fsp3) is 0.242. The maximum Gasteiger partial charge on any atom is 0.338 e. The van der Waals surface area contributed by atoms with Gasteiger partial charge in [-0.05, 0) is 72.2 Å². The molecule has 0 saturated heterocycles. The predicted octanol–water partition coefficient (Wildman–Crippen LogP) is 6.11. The van der Waals surface area contributed by atoms with Crippen LogP contribution < -0.4 is 0 Å². The molecule has 0 spiro atoms. The molecule has 3 aliphatic carbocycles. The topological polar surface area (TPSA) is 65.5 Å². The van der Waals surface area contributed by atoms with Crippen molar-refractivity contribution in [2.75, 3.05) is 0 Å². The fourth-order valence-electron chi connectivity index (χ4n) is 7.15. The Kier molecular flexibility index (Phi) is 5.58. The highest BCUT2D eigenvalue weighted by atomic mass is 16.6. The van der Waals surface area contributed by atoms with Crippen LogP contribution >= 0.6 is 0 Å². The number of esters is 2. The Balaban J connectivity index is 1.24. The molecule has 1 heterocycles. The Morgan fingerprint density at radius 2 is 1.29 bits per heavy atom. The lowest BCUT2D eigenvalue weighted by Crippen LogP contribution is -2.45. The van der Waals surface area contributed by atoms with E-state index in [1.54, 1.807) is 24.3 Å². The molecule has 6 unspecified atom stereocenters. The average Bonchev–Trinajstić information content (AvgIpc) is 3.64. The highest BCUT2D eigenvalue weighted by molar-refractivity contribution is 5.90. The van der Waals surface area contributed by atoms with E-state index in [1.165, 1.54) is 11.1 Å². The summed E-state index contributed by atoms with van der Waals surface area (Å²) < 4.78 is 12.4. The van der Waals surface area contributed by atoms with Crippen molar-refractivity contribution in [2.24, 2.45) is 17.8 Å². The summed E-state index contributed by atoms with van der Waals surface area (Å²) in [5, 5.41) is 0. The maximum absolute atomic E-state index is 13.2. The van der Waals surface area contributed by atoms with Crippen LogP contribution in [0.15, 0.2) is 103 Å². The van der Waals surface area contributed by atoms with E-state index in [2.05, 4.69) is 23.2 Å². The number of carbonyl (C=O) groups excluding carboxylic acids is 2. The second kappa shape index (κ2) is 9.25. The number of benzene rings is 3. The summed E-state index contributed by atoms with van der Waals surface area (Å²) in [5.41, 5.74) is 5.78. The Labute approximate surface area is 221 Å². The van der Waals surface area contributed by atoms with Crippen molar-refractivity contribution in [1.82, 2.24) is 4.98 Å². The molecule has 1 aromatic heterocycles. The molecule has 2 saturated carbocycles. The van der Waals surface area contributed by atoms with Crippen LogP contribution in [0.5, 0.6) is 0 Å². The van der Waals surface area contributed by atoms with Gasteiger partial charge in [-0.3, -0.25) is 4.98 Å². The number of aromatic nitrogens is 1. The van der Waals surface area contributed by atoms with Crippen LogP contribution in [0.3, 0.4) is 0 Å². The fourth-order valence-corrected chi connectivity index (χ4v) is 7.15. The smallest absolute Gasteiger partial charge is 0.338 e. The first-order valence-electron chi connectivity index (χ1n) is 13.2. The number of hydrogen-bond acceptors (Lipinski definition) is 5. The van der Waals surface area contributed by atoms with Gasteiger partial charge in [-0.15, -0.1) is 0 Å². The minimum atomic E-state index is -0.494. The average molecular weight is 502 g/mol. The van der Waals surface area contributed by atoms with Gasteiger partial charge in [0.05, 0.1) is 16.8 Å². The highest BCUT2D eigenvalue weighted by Crippen LogP contribution is 2.63. The molecule has 0 radical (unpaired) electrons. The zero-order valence-corrected chi connectivity index (χ0v) is 20.8. The molecule has 38 heavy (non-hydrogen) atoms. The van der Waals surface area contributed by atoms with Crippen LogP contribution in [0.4, 0.5) is 0 Å². The molecule has 4 aromatic rings. The van der Waals surface area contributed by atoms with Crippen molar-refractivity contribution in [3.8, 4) is 11.3 Å². The number of rotatable bonds is 5. The predicted molar refractivity (Wildman–Crippen MR) is 142 cm³/mol. The third-order valence-electron chi connectivity index (χ3n) is 8.64. The summed E-state index contributed by atoms with van der Waals surface area (Å²) in [6, 6.07) is 30.5. The van der Waals surface area contributed by atoms with Crippen molar-refractivity contribution in [3.05, 3.63) is 126 Å². The van der Waals surface area contributed by atoms with E-state index in [4.69, 9.17) is 9.47 Å². The lowest BCUT2D eigenvalue weighted by atomic mass is 9.76. The summed E-state index contributed by atoms with van der Waals surface area (Å²) in [6.07, 6.45) is 2.64. The van der Waals surface area contributed by atoms with Gasteiger partial charge in [-0.25, -0.2) is 9.59 Å². The molecule has 188 valence electrons. The van der Waals surface area contributed by atoms with Crippen LogP contribution in [0, 0.1) is 17.8 Å². The van der Waals surface area contributed by atoms with Crippen LogP contribution in [0.1, 0.15) is 44.2 Å². The Morgan fingerprint density at radius 3 is 1.92 bits per heavy atom. The van der Waals surface area contributed by atoms with Crippen LogP contribution in [0.25, 0.3) is 11.3 Å². The molecule has 0 aliphatic heterocycles. The third-order valence-corrected chi connectivity index (χ3v) is 8.64. The molecule has 0 amide bonds. The second-order valence-electron chi connectivity index (χ2n) is 10.5. The minimum Gasteiger partial charge on any atom is -0.455 e. The molecule has 6 atom stereocenters. The Bertz CT molecular complexity index is 1490. The highest BCUT2D eigenvalue weighted by Gasteiger charge is 2.63. The number of pyridine rings is 1. The maximum atomic E-state index is 13.2. The van der Waals surface area contributed by atoms with E-state index in [0.717, 1.165) is 24.1 Å². The van der Waals surface area contributed by atoms with Gasteiger partial charge >= 0.3 is 11.9 Å². The SMILES string of the molecule is O=C(OC1C2CC(C1OC(=O)c1ccccc1)C1c3cccc(-c4ccccn4)c3CC21)c1ccccc1. The minimum absolute atomic E-state index is 0.0893. The van der Waals surface area contributed by atoms with E-state index in [9.17, 15) is 9.59 Å². The molecule has 3 aromatic carbocycles. The number of hydrogen-bond donors (Lipinski definition) is 0. The first-order valence-corrected chi connectivity index (χ1v) is 13.2. The molecule has 5 nitrogen and oxygen atoms in total. The summed E-state index contributed by atoms with van der Waals surface area (Å²) in [6.45, 7) is 0. The standard InChI is InChI=1S/C33H27NO4/c35-32(20-10-3-1-4-11-20)37-30-26-19-27(31(30)38-33(36)21-12-5-2-6-13-21)29-23-15-9-14-22(24(23)18-25(26)29)28-16-7-8-17-34-28/h1-17,25-27,29-31H,18-19H2. The monoisotopic (exact) mass is 501 g/mol. The lowest BCUT2D eigenvalue weighted by Gasteiger charge is -2.37. The molecular formula is C33H27NO4. The third kappa shape index (κ3) is 3.73. The van der Waals surface area contributed by atoms with Gasteiger partial charge in [0.15, 0.2) is 0 Å². The van der Waals surface area contributed by atoms with Crippen LogP contribution in [-0.4, -0.2) is 29.1 Å². The van der Waals surface area contributed by atoms with Gasteiger partial charge < -0.3 is 9.47 Å².